The first-order chi connectivity index (χ1) is 10.5. The third-order valence-electron chi connectivity index (χ3n) is 3.58. The summed E-state index contributed by atoms with van der Waals surface area (Å²) in [5, 5.41) is 3.64. The lowest BCUT2D eigenvalue weighted by atomic mass is 10.2. The van der Waals surface area contributed by atoms with Crippen LogP contribution in [0.1, 0.15) is 37.0 Å². The van der Waals surface area contributed by atoms with Gasteiger partial charge in [-0.05, 0) is 19.4 Å². The van der Waals surface area contributed by atoms with Crippen LogP contribution in [0, 0.1) is 0 Å². The Balaban J connectivity index is 1.98. The van der Waals surface area contributed by atoms with Gasteiger partial charge < -0.3 is 14.6 Å². The smallest absolute Gasteiger partial charge is 0.340 e. The summed E-state index contributed by atoms with van der Waals surface area (Å²) < 4.78 is 7.00. The Morgan fingerprint density at radius 3 is 2.77 bits per heavy atom. The Labute approximate surface area is 130 Å². The van der Waals surface area contributed by atoms with Crippen molar-refractivity contribution >= 4 is 22.8 Å². The van der Waals surface area contributed by atoms with E-state index < -0.39 is 5.97 Å². The van der Waals surface area contributed by atoms with Crippen LogP contribution in [0.4, 0.5) is 0 Å². The van der Waals surface area contributed by atoms with E-state index >= 15 is 0 Å². The molecule has 2 rings (SSSR count). The van der Waals surface area contributed by atoms with Gasteiger partial charge in [-0.1, -0.05) is 31.5 Å². The normalized spacial score (nSPS) is 12.1. The van der Waals surface area contributed by atoms with Crippen molar-refractivity contribution in [1.29, 1.82) is 0 Å². The molecular formula is C17H22N2O3. The maximum atomic E-state index is 12.2. The highest BCUT2D eigenvalue weighted by Gasteiger charge is 2.16. The van der Waals surface area contributed by atoms with E-state index in [1.54, 1.807) is 6.20 Å². The molecular weight excluding hydrogens is 280 g/mol. The van der Waals surface area contributed by atoms with Crippen molar-refractivity contribution in [2.45, 2.75) is 32.7 Å². The molecule has 1 aromatic carbocycles. The molecule has 0 saturated heterocycles. The van der Waals surface area contributed by atoms with Gasteiger partial charge in [-0.15, -0.1) is 0 Å². The SMILES string of the molecule is CCC[C@H](C)NC(=O)COC(=O)c1cn(C)c2ccccc12. The summed E-state index contributed by atoms with van der Waals surface area (Å²) >= 11 is 0. The Morgan fingerprint density at radius 2 is 2.05 bits per heavy atom. The maximum Gasteiger partial charge on any atom is 0.340 e. The molecule has 118 valence electrons. The fraction of sp³-hybridized carbons (Fsp3) is 0.412. The minimum absolute atomic E-state index is 0.0914. The lowest BCUT2D eigenvalue weighted by Crippen LogP contribution is -2.35. The number of hydrogen-bond acceptors (Lipinski definition) is 3. The fourth-order valence-electron chi connectivity index (χ4n) is 2.53. The first kappa shape index (κ1) is 16.1. The van der Waals surface area contributed by atoms with Crippen LogP contribution >= 0.6 is 0 Å². The van der Waals surface area contributed by atoms with Crippen LogP contribution in [-0.4, -0.2) is 29.1 Å². The number of aromatic nitrogens is 1. The van der Waals surface area contributed by atoms with Crippen molar-refractivity contribution in [3.63, 3.8) is 0 Å². The molecule has 2 aromatic rings. The monoisotopic (exact) mass is 302 g/mol. The number of nitrogens with one attached hydrogen (secondary N) is 1. The molecule has 1 amide bonds. The molecule has 0 aliphatic carbocycles. The number of carbonyl (C=O) groups is 2. The van der Waals surface area contributed by atoms with Crippen LogP contribution in [-0.2, 0) is 16.6 Å². The number of nitrogens with zero attached hydrogens (tertiary/aromatic N) is 1. The number of carbonyl (C=O) groups excluding carboxylic acids is 2. The Hall–Kier alpha value is -2.30. The van der Waals surface area contributed by atoms with E-state index in [2.05, 4.69) is 12.2 Å². The van der Waals surface area contributed by atoms with E-state index in [9.17, 15) is 9.59 Å². The van der Waals surface area contributed by atoms with Crippen LogP contribution in [0.3, 0.4) is 0 Å². The predicted molar refractivity (Wildman–Crippen MR) is 85.7 cm³/mol. The van der Waals surface area contributed by atoms with E-state index in [0.717, 1.165) is 23.7 Å². The molecule has 0 bridgehead atoms. The Bertz CT molecular complexity index is 676. The highest BCUT2D eigenvalue weighted by atomic mass is 16.5. The second-order valence-corrected chi connectivity index (χ2v) is 5.50. The van der Waals surface area contributed by atoms with E-state index in [1.165, 1.54) is 0 Å². The molecule has 0 unspecified atom stereocenters. The van der Waals surface area contributed by atoms with Gasteiger partial charge in [0, 0.05) is 30.2 Å². The molecule has 0 fully saturated rings. The topological polar surface area (TPSA) is 60.3 Å². The first-order valence-corrected chi connectivity index (χ1v) is 7.53. The van der Waals surface area contributed by atoms with Gasteiger partial charge in [-0.25, -0.2) is 4.79 Å². The van der Waals surface area contributed by atoms with E-state index in [4.69, 9.17) is 4.74 Å². The lowest BCUT2D eigenvalue weighted by Gasteiger charge is -2.12. The minimum Gasteiger partial charge on any atom is -0.452 e. The first-order valence-electron chi connectivity index (χ1n) is 7.53. The number of rotatable bonds is 6. The van der Waals surface area contributed by atoms with Gasteiger partial charge in [0.15, 0.2) is 6.61 Å². The molecule has 5 nitrogen and oxygen atoms in total. The van der Waals surface area contributed by atoms with E-state index in [-0.39, 0.29) is 18.6 Å². The second-order valence-electron chi connectivity index (χ2n) is 5.50. The quantitative estimate of drug-likeness (QED) is 0.835. The summed E-state index contributed by atoms with van der Waals surface area (Å²) in [4.78, 5) is 23.9. The number of amides is 1. The zero-order chi connectivity index (χ0) is 16.1. The standard InChI is InChI=1S/C17H22N2O3/c1-4-7-12(2)18-16(20)11-22-17(21)14-10-19(3)15-9-6-5-8-13(14)15/h5-6,8-10,12H,4,7,11H2,1-3H3,(H,18,20)/t12-/m0/s1. The summed E-state index contributed by atoms with van der Waals surface area (Å²) in [6.45, 7) is 3.74. The largest absolute Gasteiger partial charge is 0.452 e. The zero-order valence-corrected chi connectivity index (χ0v) is 13.3. The molecule has 22 heavy (non-hydrogen) atoms. The van der Waals surface area contributed by atoms with Crippen molar-refractivity contribution in [3.8, 4) is 0 Å². The number of benzene rings is 1. The molecule has 1 atom stereocenters. The van der Waals surface area contributed by atoms with Gasteiger partial charge in [0.25, 0.3) is 5.91 Å². The summed E-state index contributed by atoms with van der Waals surface area (Å²) in [6.07, 6.45) is 3.63. The number of fused-ring (bicyclic) bond motifs is 1. The molecule has 0 radical (unpaired) electrons. The van der Waals surface area contributed by atoms with Gasteiger partial charge in [-0.2, -0.15) is 0 Å². The van der Waals surface area contributed by atoms with Crippen LogP contribution in [0.25, 0.3) is 10.9 Å². The van der Waals surface area contributed by atoms with Crippen molar-refractivity contribution in [2.24, 2.45) is 7.05 Å². The lowest BCUT2D eigenvalue weighted by molar-refractivity contribution is -0.124. The van der Waals surface area contributed by atoms with Gasteiger partial charge in [-0.3, -0.25) is 4.79 Å². The highest BCUT2D eigenvalue weighted by molar-refractivity contribution is 6.04. The molecule has 0 aliphatic rings. The molecule has 1 heterocycles. The second kappa shape index (κ2) is 7.11. The number of aryl methyl sites for hydroxylation is 1. The average Bonchev–Trinajstić information content (AvgIpc) is 2.83. The zero-order valence-electron chi connectivity index (χ0n) is 13.3. The van der Waals surface area contributed by atoms with E-state index in [1.807, 2.05) is 42.8 Å². The van der Waals surface area contributed by atoms with Crippen LogP contribution in [0.5, 0.6) is 0 Å². The third-order valence-corrected chi connectivity index (χ3v) is 3.58. The minimum atomic E-state index is -0.477. The number of ether oxygens (including phenoxy) is 1. The molecule has 1 aromatic heterocycles. The summed E-state index contributed by atoms with van der Waals surface area (Å²) in [5.74, 6) is -0.746. The van der Waals surface area contributed by atoms with Gasteiger partial charge in [0.05, 0.1) is 5.56 Å². The summed E-state index contributed by atoms with van der Waals surface area (Å²) in [5.41, 5.74) is 1.43. The Morgan fingerprint density at radius 1 is 1.32 bits per heavy atom. The molecule has 0 aliphatic heterocycles. The van der Waals surface area contributed by atoms with Crippen molar-refractivity contribution in [2.75, 3.05) is 6.61 Å². The van der Waals surface area contributed by atoms with Gasteiger partial charge in [0.2, 0.25) is 0 Å². The number of para-hydroxylation sites is 1. The predicted octanol–water partition coefficient (Wildman–Crippen LogP) is 2.64. The van der Waals surface area contributed by atoms with Gasteiger partial charge in [0.1, 0.15) is 0 Å². The number of hydrogen-bond donors (Lipinski definition) is 1. The van der Waals surface area contributed by atoms with Gasteiger partial charge >= 0.3 is 5.97 Å². The summed E-state index contributed by atoms with van der Waals surface area (Å²) in [7, 11) is 1.87. The molecule has 5 heteroatoms. The molecule has 1 N–H and O–H groups in total. The maximum absolute atomic E-state index is 12.2. The van der Waals surface area contributed by atoms with Crippen molar-refractivity contribution in [3.05, 3.63) is 36.0 Å². The van der Waals surface area contributed by atoms with Crippen LogP contribution in [0.15, 0.2) is 30.5 Å². The Kier molecular flexibility index (Phi) is 5.20. The van der Waals surface area contributed by atoms with Crippen molar-refractivity contribution < 1.29 is 14.3 Å². The van der Waals surface area contributed by atoms with Crippen LogP contribution in [0.2, 0.25) is 0 Å². The highest BCUT2D eigenvalue weighted by Crippen LogP contribution is 2.20. The molecule has 0 spiro atoms. The summed E-state index contributed by atoms with van der Waals surface area (Å²) in [6, 6.07) is 7.69. The van der Waals surface area contributed by atoms with Crippen LogP contribution < -0.4 is 5.32 Å². The fourth-order valence-corrected chi connectivity index (χ4v) is 2.53. The molecule has 0 saturated carbocycles. The average molecular weight is 302 g/mol. The third kappa shape index (κ3) is 3.67. The number of esters is 1. The van der Waals surface area contributed by atoms with E-state index in [0.29, 0.717) is 5.56 Å². The van der Waals surface area contributed by atoms with Crippen molar-refractivity contribution in [1.82, 2.24) is 9.88 Å².